The largest absolute Gasteiger partial charge is 0.345 e. The molecule has 0 aliphatic rings. The van der Waals surface area contributed by atoms with Gasteiger partial charge in [-0.05, 0) is 42.8 Å². The minimum atomic E-state index is -0.587. The Labute approximate surface area is 185 Å². The average Bonchev–Trinajstić information content (AvgIpc) is 3.06. The number of rotatable bonds is 7. The van der Waals surface area contributed by atoms with Crippen LogP contribution in [-0.4, -0.2) is 32.3 Å². The molecular weight excluding hydrogens is 473 g/mol. The second kappa shape index (κ2) is 9.86. The van der Waals surface area contributed by atoms with Gasteiger partial charge in [-0.15, -0.1) is 10.2 Å². The monoisotopic (exact) mass is 491 g/mol. The van der Waals surface area contributed by atoms with Crippen LogP contribution in [0.3, 0.4) is 0 Å². The van der Waals surface area contributed by atoms with Gasteiger partial charge in [0.15, 0.2) is 11.0 Å². The van der Waals surface area contributed by atoms with E-state index in [0.29, 0.717) is 11.0 Å². The number of carbonyl (C=O) groups is 2. The van der Waals surface area contributed by atoms with Crippen molar-refractivity contribution in [2.45, 2.75) is 18.6 Å². The van der Waals surface area contributed by atoms with Gasteiger partial charge >= 0.3 is 0 Å². The first-order valence-electron chi connectivity index (χ1n) is 8.95. The predicted octanol–water partition coefficient (Wildman–Crippen LogP) is 3.69. The number of hydrogen-bond acceptors (Lipinski definition) is 5. The van der Waals surface area contributed by atoms with Crippen LogP contribution in [0.4, 0.5) is 10.1 Å². The quantitative estimate of drug-likeness (QED) is 0.492. The molecule has 0 unspecified atom stereocenters. The molecule has 0 fully saturated rings. The van der Waals surface area contributed by atoms with E-state index in [1.54, 1.807) is 17.7 Å². The SMILES string of the molecule is Cc1cc(Br)ccc1NC(=O)CSc1nnc(CNC(=O)c2ccccc2F)n1C. The van der Waals surface area contributed by atoms with E-state index in [-0.39, 0.29) is 23.8 Å². The fraction of sp³-hybridized carbons (Fsp3) is 0.200. The van der Waals surface area contributed by atoms with Crippen molar-refractivity contribution in [1.29, 1.82) is 0 Å². The Balaban J connectivity index is 1.54. The number of carbonyl (C=O) groups excluding carboxylic acids is 2. The molecule has 30 heavy (non-hydrogen) atoms. The molecule has 7 nitrogen and oxygen atoms in total. The van der Waals surface area contributed by atoms with Crippen molar-refractivity contribution in [2.24, 2.45) is 7.05 Å². The Morgan fingerprint density at radius 2 is 1.97 bits per heavy atom. The summed E-state index contributed by atoms with van der Waals surface area (Å²) in [4.78, 5) is 24.4. The molecule has 0 saturated carbocycles. The first kappa shape index (κ1) is 22.0. The number of anilines is 1. The number of halogens is 2. The van der Waals surface area contributed by atoms with Crippen LogP contribution in [0.25, 0.3) is 0 Å². The lowest BCUT2D eigenvalue weighted by atomic mass is 10.2. The smallest absolute Gasteiger partial charge is 0.254 e. The molecule has 2 aromatic carbocycles. The van der Waals surface area contributed by atoms with E-state index in [2.05, 4.69) is 36.8 Å². The Morgan fingerprint density at radius 3 is 2.70 bits per heavy atom. The molecule has 2 amide bonds. The van der Waals surface area contributed by atoms with Crippen molar-refractivity contribution >= 4 is 45.2 Å². The highest BCUT2D eigenvalue weighted by molar-refractivity contribution is 9.10. The Hall–Kier alpha value is -2.72. The third-order valence-electron chi connectivity index (χ3n) is 4.25. The maximum Gasteiger partial charge on any atom is 0.254 e. The van der Waals surface area contributed by atoms with Gasteiger partial charge in [-0.25, -0.2) is 4.39 Å². The number of thioether (sulfide) groups is 1. The lowest BCUT2D eigenvalue weighted by Crippen LogP contribution is -2.25. The zero-order valence-corrected chi connectivity index (χ0v) is 18.7. The molecule has 156 valence electrons. The van der Waals surface area contributed by atoms with Gasteiger partial charge in [-0.3, -0.25) is 9.59 Å². The summed E-state index contributed by atoms with van der Waals surface area (Å²) in [5.41, 5.74) is 1.67. The highest BCUT2D eigenvalue weighted by Gasteiger charge is 2.15. The van der Waals surface area contributed by atoms with E-state index in [0.717, 1.165) is 15.7 Å². The van der Waals surface area contributed by atoms with Crippen LogP contribution in [0.1, 0.15) is 21.7 Å². The second-order valence-corrected chi connectivity index (χ2v) is 8.27. The average molecular weight is 492 g/mol. The van der Waals surface area contributed by atoms with E-state index < -0.39 is 11.7 Å². The minimum absolute atomic E-state index is 0.0332. The van der Waals surface area contributed by atoms with Crippen molar-refractivity contribution in [3.05, 3.63) is 69.7 Å². The summed E-state index contributed by atoms with van der Waals surface area (Å²) < 4.78 is 16.3. The maximum absolute atomic E-state index is 13.7. The number of aromatic nitrogens is 3. The predicted molar refractivity (Wildman–Crippen MR) is 117 cm³/mol. The van der Waals surface area contributed by atoms with Crippen molar-refractivity contribution in [3.63, 3.8) is 0 Å². The lowest BCUT2D eigenvalue weighted by molar-refractivity contribution is -0.113. The molecule has 3 rings (SSSR count). The summed E-state index contributed by atoms with van der Waals surface area (Å²) in [7, 11) is 1.74. The maximum atomic E-state index is 13.7. The highest BCUT2D eigenvalue weighted by Crippen LogP contribution is 2.21. The van der Waals surface area contributed by atoms with Gasteiger partial charge in [-0.2, -0.15) is 0 Å². The standard InChI is InChI=1S/C20H19BrFN5O2S/c1-12-9-13(21)7-8-16(12)24-18(28)11-30-20-26-25-17(27(20)2)10-23-19(29)14-5-3-4-6-15(14)22/h3-9H,10-11H2,1-2H3,(H,23,29)(H,24,28). The third kappa shape index (κ3) is 5.45. The van der Waals surface area contributed by atoms with Crippen LogP contribution >= 0.6 is 27.7 Å². The molecule has 0 aliphatic carbocycles. The van der Waals surface area contributed by atoms with Crippen LogP contribution in [-0.2, 0) is 18.4 Å². The topological polar surface area (TPSA) is 88.9 Å². The van der Waals surface area contributed by atoms with Crippen LogP contribution in [0.5, 0.6) is 0 Å². The second-order valence-electron chi connectivity index (χ2n) is 6.42. The highest BCUT2D eigenvalue weighted by atomic mass is 79.9. The Bertz CT molecular complexity index is 1090. The molecule has 0 atom stereocenters. The van der Waals surface area contributed by atoms with E-state index in [4.69, 9.17) is 0 Å². The summed E-state index contributed by atoms with van der Waals surface area (Å²) in [5.74, 6) is -0.636. The first-order valence-corrected chi connectivity index (χ1v) is 10.7. The van der Waals surface area contributed by atoms with Gasteiger partial charge in [0.1, 0.15) is 5.82 Å². The third-order valence-corrected chi connectivity index (χ3v) is 5.76. The number of hydrogen-bond donors (Lipinski definition) is 2. The van der Waals surface area contributed by atoms with Crippen molar-refractivity contribution in [2.75, 3.05) is 11.1 Å². The molecule has 2 N–H and O–H groups in total. The normalized spacial score (nSPS) is 10.7. The minimum Gasteiger partial charge on any atom is -0.345 e. The Kier molecular flexibility index (Phi) is 7.22. The van der Waals surface area contributed by atoms with Gasteiger partial charge in [-0.1, -0.05) is 39.8 Å². The van der Waals surface area contributed by atoms with Crippen LogP contribution in [0, 0.1) is 12.7 Å². The molecular formula is C20H19BrFN5O2S. The lowest BCUT2D eigenvalue weighted by Gasteiger charge is -2.09. The van der Waals surface area contributed by atoms with Crippen LogP contribution in [0.2, 0.25) is 0 Å². The number of benzene rings is 2. The molecule has 3 aromatic rings. The molecule has 0 aliphatic heterocycles. The van der Waals surface area contributed by atoms with Gasteiger partial charge in [0.25, 0.3) is 5.91 Å². The van der Waals surface area contributed by atoms with Gasteiger partial charge < -0.3 is 15.2 Å². The molecule has 0 saturated heterocycles. The summed E-state index contributed by atoms with van der Waals surface area (Å²) in [6.45, 7) is 2.00. The van der Waals surface area contributed by atoms with Gasteiger partial charge in [0.2, 0.25) is 5.91 Å². The fourth-order valence-corrected chi connectivity index (χ4v) is 3.81. The first-order chi connectivity index (χ1) is 14.3. The number of nitrogens with zero attached hydrogens (tertiary/aromatic N) is 3. The zero-order valence-electron chi connectivity index (χ0n) is 16.3. The van der Waals surface area contributed by atoms with Crippen LogP contribution in [0.15, 0.2) is 52.1 Å². The van der Waals surface area contributed by atoms with E-state index in [1.807, 2.05) is 25.1 Å². The molecule has 0 bridgehead atoms. The summed E-state index contributed by atoms with van der Waals surface area (Å²) in [5, 5.41) is 14.1. The van der Waals surface area contributed by atoms with Crippen molar-refractivity contribution in [1.82, 2.24) is 20.1 Å². The molecule has 10 heteroatoms. The fourth-order valence-electron chi connectivity index (χ4n) is 2.61. The number of nitrogens with one attached hydrogen (secondary N) is 2. The van der Waals surface area contributed by atoms with Crippen molar-refractivity contribution in [3.8, 4) is 0 Å². The number of amides is 2. The molecule has 1 aromatic heterocycles. The number of aryl methyl sites for hydroxylation is 1. The summed E-state index contributed by atoms with van der Waals surface area (Å²) >= 11 is 4.63. The molecule has 0 spiro atoms. The van der Waals surface area contributed by atoms with Gasteiger partial charge in [0, 0.05) is 17.2 Å². The summed E-state index contributed by atoms with van der Waals surface area (Å²) in [6, 6.07) is 11.4. The van der Waals surface area contributed by atoms with Crippen LogP contribution < -0.4 is 10.6 Å². The van der Waals surface area contributed by atoms with E-state index in [1.165, 1.54) is 30.0 Å². The molecule has 0 radical (unpaired) electrons. The Morgan fingerprint density at radius 1 is 1.20 bits per heavy atom. The molecule has 1 heterocycles. The summed E-state index contributed by atoms with van der Waals surface area (Å²) in [6.07, 6.45) is 0. The van der Waals surface area contributed by atoms with Gasteiger partial charge in [0.05, 0.1) is 17.9 Å². The van der Waals surface area contributed by atoms with Crippen molar-refractivity contribution < 1.29 is 14.0 Å². The van der Waals surface area contributed by atoms with E-state index >= 15 is 0 Å². The zero-order chi connectivity index (χ0) is 21.7. The van der Waals surface area contributed by atoms with E-state index in [9.17, 15) is 14.0 Å².